The van der Waals surface area contributed by atoms with Crippen LogP contribution in [-0.4, -0.2) is 4.98 Å². The van der Waals surface area contributed by atoms with Crippen molar-refractivity contribution in [1.82, 2.24) is 4.98 Å². The summed E-state index contributed by atoms with van der Waals surface area (Å²) in [5.74, 6) is 1.11. The molecule has 2 nitrogen and oxygen atoms in total. The highest BCUT2D eigenvalue weighted by atomic mass is 32.1. The average molecular weight is 205 g/mol. The van der Waals surface area contributed by atoms with E-state index in [0.717, 1.165) is 23.6 Å². The van der Waals surface area contributed by atoms with Gasteiger partial charge in [0, 0.05) is 16.9 Å². The second-order valence-electron chi connectivity index (χ2n) is 3.72. The van der Waals surface area contributed by atoms with Crippen molar-refractivity contribution < 1.29 is 4.42 Å². The van der Waals surface area contributed by atoms with Crippen LogP contribution in [0.25, 0.3) is 11.3 Å². The molecule has 0 N–H and O–H groups in total. The van der Waals surface area contributed by atoms with E-state index in [4.69, 9.17) is 4.42 Å². The number of nitrogens with zero attached hydrogens (tertiary/aromatic N) is 1. The Morgan fingerprint density at radius 3 is 3.07 bits per heavy atom. The summed E-state index contributed by atoms with van der Waals surface area (Å²) in [4.78, 5) is 6.00. The lowest BCUT2D eigenvalue weighted by Gasteiger charge is -2.09. The number of rotatable bonds is 0. The SMILES string of the molecule is Cc1nc2c(s1)CCc1occ(C)c1-2. The van der Waals surface area contributed by atoms with Crippen molar-refractivity contribution in [3.63, 3.8) is 0 Å². The standard InChI is InChI=1S/C11H11NOS/c1-6-5-13-8-3-4-9-11(10(6)8)12-7(2)14-9/h5H,3-4H2,1-2H3. The smallest absolute Gasteiger partial charge is 0.113 e. The summed E-state index contributed by atoms with van der Waals surface area (Å²) in [5, 5.41) is 1.16. The minimum atomic E-state index is 1.03. The van der Waals surface area contributed by atoms with Crippen LogP contribution >= 0.6 is 11.3 Å². The van der Waals surface area contributed by atoms with Crippen LogP contribution in [0.15, 0.2) is 10.7 Å². The van der Waals surface area contributed by atoms with Gasteiger partial charge < -0.3 is 4.42 Å². The van der Waals surface area contributed by atoms with Crippen molar-refractivity contribution in [3.05, 3.63) is 27.5 Å². The maximum absolute atomic E-state index is 5.52. The number of thiazole rings is 1. The lowest BCUT2D eigenvalue weighted by molar-refractivity contribution is 0.507. The van der Waals surface area contributed by atoms with Gasteiger partial charge in [-0.15, -0.1) is 11.3 Å². The van der Waals surface area contributed by atoms with E-state index in [1.807, 2.05) is 17.6 Å². The molecule has 1 aliphatic rings. The summed E-state index contributed by atoms with van der Waals surface area (Å²) < 4.78 is 5.52. The van der Waals surface area contributed by atoms with Crippen LogP contribution in [-0.2, 0) is 12.8 Å². The van der Waals surface area contributed by atoms with E-state index in [-0.39, 0.29) is 0 Å². The first-order valence-electron chi connectivity index (χ1n) is 4.79. The number of hydrogen-bond acceptors (Lipinski definition) is 3. The minimum absolute atomic E-state index is 1.03. The molecule has 0 fully saturated rings. The van der Waals surface area contributed by atoms with Crippen molar-refractivity contribution >= 4 is 11.3 Å². The molecule has 0 saturated carbocycles. The molecule has 0 atom stereocenters. The zero-order valence-electron chi connectivity index (χ0n) is 8.26. The van der Waals surface area contributed by atoms with E-state index in [2.05, 4.69) is 18.8 Å². The van der Waals surface area contributed by atoms with Gasteiger partial charge >= 0.3 is 0 Å². The number of aryl methyl sites for hydroxylation is 4. The summed E-state index contributed by atoms with van der Waals surface area (Å²) >= 11 is 1.81. The zero-order valence-corrected chi connectivity index (χ0v) is 9.07. The molecular weight excluding hydrogens is 194 g/mol. The van der Waals surface area contributed by atoms with E-state index in [1.54, 1.807) is 0 Å². The van der Waals surface area contributed by atoms with E-state index in [9.17, 15) is 0 Å². The molecule has 3 heteroatoms. The molecule has 3 rings (SSSR count). The average Bonchev–Trinajstić information content (AvgIpc) is 2.68. The van der Waals surface area contributed by atoms with Gasteiger partial charge in [-0.25, -0.2) is 4.98 Å². The Kier molecular flexibility index (Phi) is 1.59. The molecule has 0 unspecified atom stereocenters. The Hall–Kier alpha value is -1.09. The highest BCUT2D eigenvalue weighted by Gasteiger charge is 2.24. The number of hydrogen-bond donors (Lipinski definition) is 0. The molecular formula is C11H11NOS. The Morgan fingerprint density at radius 2 is 2.21 bits per heavy atom. The summed E-state index contributed by atoms with van der Waals surface area (Å²) in [6.45, 7) is 4.16. The van der Waals surface area contributed by atoms with Crippen molar-refractivity contribution in [2.45, 2.75) is 26.7 Å². The Labute approximate surface area is 86.6 Å². The third kappa shape index (κ3) is 0.989. The highest BCUT2D eigenvalue weighted by Crippen LogP contribution is 2.38. The lowest BCUT2D eigenvalue weighted by atomic mass is 9.98. The molecule has 0 spiro atoms. The van der Waals surface area contributed by atoms with Crippen LogP contribution in [0.5, 0.6) is 0 Å². The predicted molar refractivity (Wildman–Crippen MR) is 56.7 cm³/mol. The zero-order chi connectivity index (χ0) is 9.71. The van der Waals surface area contributed by atoms with Gasteiger partial charge in [-0.2, -0.15) is 0 Å². The molecule has 2 aromatic rings. The maximum Gasteiger partial charge on any atom is 0.113 e. The van der Waals surface area contributed by atoms with Gasteiger partial charge in [-0.3, -0.25) is 0 Å². The topological polar surface area (TPSA) is 26.0 Å². The summed E-state index contributed by atoms with van der Waals surface area (Å²) in [5.41, 5.74) is 3.63. The van der Waals surface area contributed by atoms with Crippen LogP contribution in [0.4, 0.5) is 0 Å². The second kappa shape index (κ2) is 2.70. The van der Waals surface area contributed by atoms with Gasteiger partial charge in [0.2, 0.25) is 0 Å². The van der Waals surface area contributed by atoms with Crippen molar-refractivity contribution in [2.24, 2.45) is 0 Å². The predicted octanol–water partition coefficient (Wildman–Crippen LogP) is 3.12. The lowest BCUT2D eigenvalue weighted by Crippen LogP contribution is -1.99. The molecule has 72 valence electrons. The van der Waals surface area contributed by atoms with Crippen LogP contribution in [0.2, 0.25) is 0 Å². The minimum Gasteiger partial charge on any atom is -0.468 e. The van der Waals surface area contributed by atoms with Crippen molar-refractivity contribution in [1.29, 1.82) is 0 Å². The summed E-state index contributed by atoms with van der Waals surface area (Å²) in [7, 11) is 0. The van der Waals surface area contributed by atoms with Crippen molar-refractivity contribution in [2.75, 3.05) is 0 Å². The van der Waals surface area contributed by atoms with Crippen molar-refractivity contribution in [3.8, 4) is 11.3 Å². The first kappa shape index (κ1) is 8.24. The Morgan fingerprint density at radius 1 is 1.36 bits per heavy atom. The van der Waals surface area contributed by atoms with Gasteiger partial charge in [0.05, 0.1) is 17.0 Å². The largest absolute Gasteiger partial charge is 0.468 e. The summed E-state index contributed by atoms with van der Waals surface area (Å²) in [6, 6.07) is 0. The van der Waals surface area contributed by atoms with Gasteiger partial charge in [-0.05, 0) is 25.8 Å². The third-order valence-electron chi connectivity index (χ3n) is 2.67. The fourth-order valence-corrected chi connectivity index (χ4v) is 3.00. The number of furan rings is 1. The molecule has 2 aromatic heterocycles. The van der Waals surface area contributed by atoms with E-state index in [0.29, 0.717) is 0 Å². The maximum atomic E-state index is 5.52. The first-order valence-corrected chi connectivity index (χ1v) is 5.61. The van der Waals surface area contributed by atoms with E-state index >= 15 is 0 Å². The third-order valence-corrected chi connectivity index (χ3v) is 3.70. The quantitative estimate of drug-likeness (QED) is 0.660. The molecule has 0 amide bonds. The molecule has 0 bridgehead atoms. The fourth-order valence-electron chi connectivity index (χ4n) is 2.06. The highest BCUT2D eigenvalue weighted by molar-refractivity contribution is 7.12. The van der Waals surface area contributed by atoms with Crippen LogP contribution < -0.4 is 0 Å². The molecule has 14 heavy (non-hydrogen) atoms. The monoisotopic (exact) mass is 205 g/mol. The molecule has 0 saturated heterocycles. The van der Waals surface area contributed by atoms with Crippen LogP contribution in [0.3, 0.4) is 0 Å². The molecule has 0 aliphatic heterocycles. The fraction of sp³-hybridized carbons (Fsp3) is 0.364. The number of aromatic nitrogens is 1. The van der Waals surface area contributed by atoms with E-state index < -0.39 is 0 Å². The number of fused-ring (bicyclic) bond motifs is 3. The molecule has 2 heterocycles. The molecule has 0 aromatic carbocycles. The second-order valence-corrected chi connectivity index (χ2v) is 5.01. The van der Waals surface area contributed by atoms with Gasteiger partial charge in [0.15, 0.2) is 0 Å². The van der Waals surface area contributed by atoms with Crippen LogP contribution in [0.1, 0.15) is 21.2 Å². The normalized spacial score (nSPS) is 13.9. The van der Waals surface area contributed by atoms with E-state index in [1.165, 1.54) is 21.7 Å². The van der Waals surface area contributed by atoms with Gasteiger partial charge in [-0.1, -0.05) is 0 Å². The Bertz CT molecular complexity index is 495. The summed E-state index contributed by atoms with van der Waals surface area (Å²) in [6.07, 6.45) is 3.95. The first-order chi connectivity index (χ1) is 6.75. The molecule has 0 radical (unpaired) electrons. The Balaban J connectivity index is 2.31. The van der Waals surface area contributed by atoms with Gasteiger partial charge in [0.25, 0.3) is 0 Å². The molecule has 1 aliphatic carbocycles. The van der Waals surface area contributed by atoms with Crippen LogP contribution in [0, 0.1) is 13.8 Å². The van der Waals surface area contributed by atoms with Gasteiger partial charge in [0.1, 0.15) is 5.76 Å².